The van der Waals surface area contributed by atoms with E-state index in [-0.39, 0.29) is 29.5 Å². The van der Waals surface area contributed by atoms with Crippen LogP contribution in [0.2, 0.25) is 5.02 Å². The molecule has 0 bridgehead atoms. The summed E-state index contributed by atoms with van der Waals surface area (Å²) in [5.74, 6) is -0.980. The van der Waals surface area contributed by atoms with Crippen molar-refractivity contribution >= 4 is 29.1 Å². The Morgan fingerprint density at radius 3 is 2.39 bits per heavy atom. The first-order chi connectivity index (χ1) is 19.6. The van der Waals surface area contributed by atoms with Gasteiger partial charge in [-0.2, -0.15) is 13.2 Å². The maximum absolute atomic E-state index is 13.1. The van der Waals surface area contributed by atoms with E-state index in [2.05, 4.69) is 16.0 Å². The van der Waals surface area contributed by atoms with Gasteiger partial charge in [-0.3, -0.25) is 9.59 Å². The molecule has 4 aromatic rings. The summed E-state index contributed by atoms with van der Waals surface area (Å²) < 4.78 is 49.9. The standard InChI is InChI=1S/C30H27ClF3N3O4/c1-40-24-10-8-23(9-11-24)35-14-15-36-28(38)25(19-4-3-7-22(31)17-19)18-37-29(39)27-13-12-26(41-27)20-5-2-6-21(16-20)30(32,33)34/h2-13,16-17,25,35H,14-15,18H2,1H3,(H,36,38)(H,37,39)/t25-/m0/s1. The lowest BCUT2D eigenvalue weighted by molar-refractivity contribution is -0.137. The minimum absolute atomic E-state index is 0.0729. The molecule has 0 saturated heterocycles. The third-order valence-corrected chi connectivity index (χ3v) is 6.42. The molecule has 0 saturated carbocycles. The van der Waals surface area contributed by atoms with Crippen LogP contribution < -0.4 is 20.7 Å². The zero-order valence-electron chi connectivity index (χ0n) is 21.9. The maximum Gasteiger partial charge on any atom is 0.416 e. The van der Waals surface area contributed by atoms with E-state index in [1.54, 1.807) is 31.4 Å². The molecule has 0 fully saturated rings. The molecule has 2 amide bonds. The van der Waals surface area contributed by atoms with Gasteiger partial charge in [-0.1, -0.05) is 35.9 Å². The minimum atomic E-state index is -4.51. The predicted octanol–water partition coefficient (Wildman–Crippen LogP) is 6.37. The number of anilines is 1. The Kier molecular flexibility index (Phi) is 9.57. The van der Waals surface area contributed by atoms with E-state index in [0.717, 1.165) is 23.6 Å². The summed E-state index contributed by atoms with van der Waals surface area (Å²) in [4.78, 5) is 26.0. The molecule has 0 radical (unpaired) electrons. The molecule has 3 N–H and O–H groups in total. The Bertz CT molecular complexity index is 1490. The summed E-state index contributed by atoms with van der Waals surface area (Å²) in [5, 5.41) is 9.18. The molecular weight excluding hydrogens is 559 g/mol. The van der Waals surface area contributed by atoms with Crippen LogP contribution in [-0.4, -0.2) is 38.6 Å². The van der Waals surface area contributed by atoms with E-state index in [1.165, 1.54) is 24.3 Å². The molecule has 11 heteroatoms. The number of rotatable bonds is 11. The average Bonchev–Trinajstić information content (AvgIpc) is 3.46. The Balaban J connectivity index is 1.38. The summed E-state index contributed by atoms with van der Waals surface area (Å²) in [6.07, 6.45) is -4.51. The first kappa shape index (κ1) is 29.5. The molecule has 0 aliphatic carbocycles. The van der Waals surface area contributed by atoms with Crippen molar-refractivity contribution in [3.05, 3.63) is 107 Å². The van der Waals surface area contributed by atoms with Gasteiger partial charge < -0.3 is 25.1 Å². The molecule has 3 aromatic carbocycles. The lowest BCUT2D eigenvalue weighted by Gasteiger charge is -2.18. The van der Waals surface area contributed by atoms with Crippen molar-refractivity contribution in [2.75, 3.05) is 32.1 Å². The topological polar surface area (TPSA) is 92.6 Å². The van der Waals surface area contributed by atoms with Gasteiger partial charge in [0, 0.05) is 35.9 Å². The first-order valence-corrected chi connectivity index (χ1v) is 13.0. The minimum Gasteiger partial charge on any atom is -0.497 e. The maximum atomic E-state index is 13.1. The highest BCUT2D eigenvalue weighted by molar-refractivity contribution is 6.30. The first-order valence-electron chi connectivity index (χ1n) is 12.6. The summed E-state index contributed by atoms with van der Waals surface area (Å²) in [5.41, 5.74) is 0.814. The van der Waals surface area contributed by atoms with Crippen molar-refractivity contribution < 1.29 is 31.9 Å². The molecular formula is C30H27ClF3N3O4. The summed E-state index contributed by atoms with van der Waals surface area (Å²) in [6.45, 7) is 0.697. The number of nitrogens with one attached hydrogen (secondary N) is 3. The number of carbonyl (C=O) groups excluding carboxylic acids is 2. The normalized spacial score (nSPS) is 11.9. The van der Waals surface area contributed by atoms with Crippen LogP contribution in [0.15, 0.2) is 89.3 Å². The van der Waals surface area contributed by atoms with Crippen LogP contribution in [-0.2, 0) is 11.0 Å². The monoisotopic (exact) mass is 585 g/mol. The number of hydrogen-bond acceptors (Lipinski definition) is 5. The highest BCUT2D eigenvalue weighted by atomic mass is 35.5. The summed E-state index contributed by atoms with van der Waals surface area (Å²) >= 11 is 6.15. The average molecular weight is 586 g/mol. The molecule has 0 unspecified atom stereocenters. The molecule has 0 aliphatic heterocycles. The molecule has 1 atom stereocenters. The van der Waals surface area contributed by atoms with Crippen LogP contribution in [0, 0.1) is 0 Å². The summed E-state index contributed by atoms with van der Waals surface area (Å²) in [6, 6.07) is 21.5. The second-order valence-electron chi connectivity index (χ2n) is 9.01. The number of amides is 2. The van der Waals surface area contributed by atoms with Gasteiger partial charge in [0.05, 0.1) is 18.6 Å². The smallest absolute Gasteiger partial charge is 0.416 e. The fourth-order valence-corrected chi connectivity index (χ4v) is 4.25. The third-order valence-electron chi connectivity index (χ3n) is 6.18. The van der Waals surface area contributed by atoms with Crippen LogP contribution in [0.4, 0.5) is 18.9 Å². The lowest BCUT2D eigenvalue weighted by Crippen LogP contribution is -2.39. The Morgan fingerprint density at radius 1 is 0.927 bits per heavy atom. The van der Waals surface area contributed by atoms with Gasteiger partial charge in [0.15, 0.2) is 5.76 Å². The predicted molar refractivity (Wildman–Crippen MR) is 150 cm³/mol. The van der Waals surface area contributed by atoms with Gasteiger partial charge >= 0.3 is 6.18 Å². The fraction of sp³-hybridized carbons (Fsp3) is 0.200. The van der Waals surface area contributed by atoms with E-state index in [9.17, 15) is 22.8 Å². The zero-order chi connectivity index (χ0) is 29.4. The van der Waals surface area contributed by atoms with Crippen molar-refractivity contribution in [3.8, 4) is 17.1 Å². The molecule has 214 valence electrons. The SMILES string of the molecule is COc1ccc(NCCNC(=O)[C@@H](CNC(=O)c2ccc(-c3cccc(C(F)(F)F)c3)o2)c2cccc(Cl)c2)cc1. The Labute approximate surface area is 239 Å². The molecule has 0 aliphatic rings. The van der Waals surface area contributed by atoms with Gasteiger partial charge in [-0.05, 0) is 66.2 Å². The third kappa shape index (κ3) is 8.04. The van der Waals surface area contributed by atoms with Crippen LogP contribution in [0.25, 0.3) is 11.3 Å². The summed E-state index contributed by atoms with van der Waals surface area (Å²) in [7, 11) is 1.59. The second-order valence-corrected chi connectivity index (χ2v) is 9.44. The van der Waals surface area contributed by atoms with Crippen molar-refractivity contribution in [3.63, 3.8) is 0 Å². The van der Waals surface area contributed by atoms with Crippen molar-refractivity contribution in [2.24, 2.45) is 0 Å². The Morgan fingerprint density at radius 2 is 1.68 bits per heavy atom. The molecule has 4 rings (SSSR count). The Hall–Kier alpha value is -4.44. The quantitative estimate of drug-likeness (QED) is 0.178. The van der Waals surface area contributed by atoms with E-state index >= 15 is 0 Å². The van der Waals surface area contributed by atoms with E-state index in [1.807, 2.05) is 24.3 Å². The van der Waals surface area contributed by atoms with Gasteiger partial charge in [0.2, 0.25) is 5.91 Å². The molecule has 1 aromatic heterocycles. The number of benzene rings is 3. The number of ether oxygens (including phenoxy) is 1. The molecule has 7 nitrogen and oxygen atoms in total. The van der Waals surface area contributed by atoms with Crippen molar-refractivity contribution in [1.29, 1.82) is 0 Å². The van der Waals surface area contributed by atoms with Crippen molar-refractivity contribution in [1.82, 2.24) is 10.6 Å². The van der Waals surface area contributed by atoms with E-state index in [0.29, 0.717) is 23.7 Å². The molecule has 41 heavy (non-hydrogen) atoms. The number of alkyl halides is 3. The number of halogens is 4. The highest BCUT2D eigenvalue weighted by Gasteiger charge is 2.30. The largest absolute Gasteiger partial charge is 0.497 e. The zero-order valence-corrected chi connectivity index (χ0v) is 22.7. The number of hydrogen-bond donors (Lipinski definition) is 3. The van der Waals surface area contributed by atoms with Crippen molar-refractivity contribution in [2.45, 2.75) is 12.1 Å². The lowest BCUT2D eigenvalue weighted by atomic mass is 9.98. The van der Waals surface area contributed by atoms with Gasteiger partial charge in [-0.25, -0.2) is 0 Å². The number of carbonyl (C=O) groups is 2. The van der Waals surface area contributed by atoms with Crippen LogP contribution in [0.5, 0.6) is 5.75 Å². The second kappa shape index (κ2) is 13.3. The van der Waals surface area contributed by atoms with Crippen LogP contribution in [0.1, 0.15) is 27.6 Å². The molecule has 0 spiro atoms. The van der Waals surface area contributed by atoms with Gasteiger partial charge in [-0.15, -0.1) is 0 Å². The number of furan rings is 1. The van der Waals surface area contributed by atoms with E-state index < -0.39 is 23.6 Å². The van der Waals surface area contributed by atoms with Crippen LogP contribution >= 0.6 is 11.6 Å². The van der Waals surface area contributed by atoms with E-state index in [4.69, 9.17) is 20.8 Å². The highest BCUT2D eigenvalue weighted by Crippen LogP contribution is 2.32. The van der Waals surface area contributed by atoms with Gasteiger partial charge in [0.1, 0.15) is 11.5 Å². The number of methoxy groups -OCH3 is 1. The van der Waals surface area contributed by atoms with Crippen LogP contribution in [0.3, 0.4) is 0 Å². The molecule has 1 heterocycles. The van der Waals surface area contributed by atoms with Gasteiger partial charge in [0.25, 0.3) is 5.91 Å². The fourth-order valence-electron chi connectivity index (χ4n) is 4.06.